The molecule has 0 aromatic heterocycles. The fraction of sp³-hybridized carbons (Fsp3) is 0.500. The van der Waals surface area contributed by atoms with Gasteiger partial charge in [-0.2, -0.15) is 0 Å². The first-order valence-electron chi connectivity index (χ1n) is 10.7. The second-order valence-electron chi connectivity index (χ2n) is 8.48. The van der Waals surface area contributed by atoms with Crippen molar-refractivity contribution in [2.45, 2.75) is 70.1 Å². The van der Waals surface area contributed by atoms with E-state index in [0.29, 0.717) is 19.3 Å². The van der Waals surface area contributed by atoms with E-state index in [2.05, 4.69) is 17.7 Å². The molecular formula is C24H27F3O4. The number of alkyl halides is 3. The van der Waals surface area contributed by atoms with Gasteiger partial charge in [-0.1, -0.05) is 18.2 Å². The quantitative estimate of drug-likeness (QED) is 0.722. The minimum Gasteiger partial charge on any atom is -0.406 e. The summed E-state index contributed by atoms with van der Waals surface area (Å²) in [5.41, 5.74) is 6.88. The Bertz CT molecular complexity index is 924. The van der Waals surface area contributed by atoms with Gasteiger partial charge in [0.2, 0.25) is 0 Å². The maximum atomic E-state index is 12.4. The molecule has 1 saturated heterocycles. The number of halogens is 3. The Morgan fingerprint density at radius 2 is 1.81 bits per heavy atom. The zero-order chi connectivity index (χ0) is 22.2. The summed E-state index contributed by atoms with van der Waals surface area (Å²) in [4.78, 5) is 0. The third kappa shape index (κ3) is 5.05. The molecule has 168 valence electrons. The number of aliphatic hydroxyl groups excluding tert-OH is 2. The number of hydrogen-bond donors (Lipinski definition) is 2. The average molecular weight is 436 g/mol. The maximum Gasteiger partial charge on any atom is 0.573 e. The highest BCUT2D eigenvalue weighted by molar-refractivity contribution is 5.50. The van der Waals surface area contributed by atoms with Crippen molar-refractivity contribution in [2.24, 2.45) is 0 Å². The van der Waals surface area contributed by atoms with Gasteiger partial charge in [0.15, 0.2) is 0 Å². The lowest BCUT2D eigenvalue weighted by atomic mass is 9.86. The Morgan fingerprint density at radius 3 is 2.48 bits per heavy atom. The van der Waals surface area contributed by atoms with E-state index < -0.39 is 12.5 Å². The fourth-order valence-corrected chi connectivity index (χ4v) is 4.90. The number of aliphatic hydroxyl groups is 2. The summed E-state index contributed by atoms with van der Waals surface area (Å²) in [6, 6.07) is 8.11. The molecule has 1 fully saturated rings. The standard InChI is InChI=1S/C24H27F3O4/c1-14-20-3-2-4-21(20)16(9-15-5-7-18(8-6-15)31-24(25,26)27)10-22(14)23-12-17(29)11-19(13-28)30-23/h5-8,10,17,19,23,28-29H,2-4,9,11-13H2,1H3/t17-,19-,23+/m0/s1. The minimum absolute atomic E-state index is 0.128. The van der Waals surface area contributed by atoms with Crippen LogP contribution in [0, 0.1) is 6.92 Å². The Hall–Kier alpha value is -2.09. The molecule has 0 unspecified atom stereocenters. The molecule has 31 heavy (non-hydrogen) atoms. The summed E-state index contributed by atoms with van der Waals surface area (Å²) in [7, 11) is 0. The second kappa shape index (κ2) is 8.81. The van der Waals surface area contributed by atoms with Gasteiger partial charge >= 0.3 is 6.36 Å². The van der Waals surface area contributed by atoms with Crippen LogP contribution in [-0.4, -0.2) is 35.4 Å². The third-order valence-corrected chi connectivity index (χ3v) is 6.30. The number of fused-ring (bicyclic) bond motifs is 1. The van der Waals surface area contributed by atoms with Crippen LogP contribution >= 0.6 is 0 Å². The van der Waals surface area contributed by atoms with E-state index in [4.69, 9.17) is 4.74 Å². The van der Waals surface area contributed by atoms with E-state index in [1.807, 2.05) is 0 Å². The van der Waals surface area contributed by atoms with E-state index >= 15 is 0 Å². The summed E-state index contributed by atoms with van der Waals surface area (Å²) in [5.74, 6) is -0.231. The van der Waals surface area contributed by atoms with Crippen molar-refractivity contribution in [3.63, 3.8) is 0 Å². The Balaban J connectivity index is 1.62. The van der Waals surface area contributed by atoms with E-state index in [0.717, 1.165) is 36.0 Å². The predicted octanol–water partition coefficient (Wildman–Crippen LogP) is 4.55. The van der Waals surface area contributed by atoms with Gasteiger partial charge in [-0.25, -0.2) is 0 Å². The molecule has 2 N–H and O–H groups in total. The summed E-state index contributed by atoms with van der Waals surface area (Å²) in [6.45, 7) is 1.96. The van der Waals surface area contributed by atoms with Gasteiger partial charge in [0.05, 0.1) is 24.9 Å². The Morgan fingerprint density at radius 1 is 1.10 bits per heavy atom. The second-order valence-corrected chi connectivity index (χ2v) is 8.48. The van der Waals surface area contributed by atoms with Gasteiger partial charge in [-0.3, -0.25) is 0 Å². The number of rotatable bonds is 5. The fourth-order valence-electron chi connectivity index (χ4n) is 4.90. The van der Waals surface area contributed by atoms with Crippen LogP contribution in [0.25, 0.3) is 0 Å². The van der Waals surface area contributed by atoms with Crippen molar-refractivity contribution in [1.29, 1.82) is 0 Å². The van der Waals surface area contributed by atoms with Crippen molar-refractivity contribution < 1.29 is 32.9 Å². The molecule has 0 bridgehead atoms. The van der Waals surface area contributed by atoms with Gasteiger partial charge in [0, 0.05) is 12.8 Å². The number of hydrogen-bond acceptors (Lipinski definition) is 4. The van der Waals surface area contributed by atoms with Gasteiger partial charge < -0.3 is 19.7 Å². The van der Waals surface area contributed by atoms with Crippen LogP contribution in [0.15, 0.2) is 30.3 Å². The van der Waals surface area contributed by atoms with Crippen molar-refractivity contribution in [3.05, 3.63) is 63.7 Å². The molecular weight excluding hydrogens is 409 g/mol. The first-order chi connectivity index (χ1) is 14.7. The first-order valence-corrected chi connectivity index (χ1v) is 10.7. The maximum absolute atomic E-state index is 12.4. The first kappa shape index (κ1) is 22.1. The normalized spacial score (nSPS) is 23.6. The van der Waals surface area contributed by atoms with Gasteiger partial charge in [0.1, 0.15) is 5.75 Å². The highest BCUT2D eigenvalue weighted by Crippen LogP contribution is 2.39. The lowest BCUT2D eigenvalue weighted by Crippen LogP contribution is -2.34. The van der Waals surface area contributed by atoms with Crippen LogP contribution in [0.2, 0.25) is 0 Å². The molecule has 7 heteroatoms. The Labute approximate surface area is 179 Å². The van der Waals surface area contributed by atoms with Crippen molar-refractivity contribution in [2.75, 3.05) is 6.61 Å². The molecule has 1 heterocycles. The number of ether oxygens (including phenoxy) is 2. The van der Waals surface area contributed by atoms with Crippen LogP contribution in [0.5, 0.6) is 5.75 Å². The molecule has 1 aliphatic carbocycles. The molecule has 4 rings (SSSR count). The molecule has 0 amide bonds. The summed E-state index contributed by atoms with van der Waals surface area (Å²) in [5, 5.41) is 19.8. The third-order valence-electron chi connectivity index (χ3n) is 6.30. The molecule has 0 saturated carbocycles. The summed E-state index contributed by atoms with van der Waals surface area (Å²) >= 11 is 0. The van der Waals surface area contributed by atoms with Gasteiger partial charge in [-0.15, -0.1) is 13.2 Å². The van der Waals surface area contributed by atoms with Crippen molar-refractivity contribution in [3.8, 4) is 5.75 Å². The number of benzene rings is 2. The molecule has 0 radical (unpaired) electrons. The zero-order valence-corrected chi connectivity index (χ0v) is 17.4. The topological polar surface area (TPSA) is 58.9 Å². The van der Waals surface area contributed by atoms with Crippen LogP contribution in [0.4, 0.5) is 13.2 Å². The van der Waals surface area contributed by atoms with Gasteiger partial charge in [0.25, 0.3) is 0 Å². The smallest absolute Gasteiger partial charge is 0.406 e. The monoisotopic (exact) mass is 436 g/mol. The van der Waals surface area contributed by atoms with Crippen LogP contribution in [-0.2, 0) is 24.0 Å². The summed E-state index contributed by atoms with van der Waals surface area (Å²) < 4.78 is 47.3. The van der Waals surface area contributed by atoms with Crippen LogP contribution in [0.3, 0.4) is 0 Å². The van der Waals surface area contributed by atoms with E-state index in [9.17, 15) is 23.4 Å². The van der Waals surface area contributed by atoms with Crippen LogP contribution in [0.1, 0.15) is 58.7 Å². The molecule has 0 spiro atoms. The minimum atomic E-state index is -4.70. The molecule has 1 aliphatic heterocycles. The van der Waals surface area contributed by atoms with Crippen molar-refractivity contribution in [1.82, 2.24) is 0 Å². The highest BCUT2D eigenvalue weighted by Gasteiger charge is 2.32. The lowest BCUT2D eigenvalue weighted by Gasteiger charge is -2.34. The average Bonchev–Trinajstić information content (AvgIpc) is 3.20. The Kier molecular flexibility index (Phi) is 6.28. The highest BCUT2D eigenvalue weighted by atomic mass is 19.4. The molecule has 4 nitrogen and oxygen atoms in total. The van der Waals surface area contributed by atoms with E-state index in [-0.39, 0.29) is 24.6 Å². The summed E-state index contributed by atoms with van der Waals surface area (Å²) in [6.07, 6.45) is -1.35. The van der Waals surface area contributed by atoms with Gasteiger partial charge in [-0.05, 0) is 78.1 Å². The van der Waals surface area contributed by atoms with Crippen LogP contribution < -0.4 is 4.74 Å². The SMILES string of the molecule is Cc1c([C@H]2C[C@@H](O)C[C@@H](CO)O2)cc(Cc2ccc(OC(F)(F)F)cc2)c2c1CCC2. The molecule has 2 aromatic rings. The largest absolute Gasteiger partial charge is 0.573 e. The predicted molar refractivity (Wildman–Crippen MR) is 109 cm³/mol. The molecule has 3 atom stereocenters. The zero-order valence-electron chi connectivity index (χ0n) is 17.4. The van der Waals surface area contributed by atoms with Crippen molar-refractivity contribution >= 4 is 0 Å². The van der Waals surface area contributed by atoms with E-state index in [1.165, 1.54) is 28.8 Å². The molecule has 2 aliphatic rings. The van der Waals surface area contributed by atoms with E-state index in [1.54, 1.807) is 12.1 Å². The molecule has 2 aromatic carbocycles. The lowest BCUT2D eigenvalue weighted by molar-refractivity contribution is -0.274.